The van der Waals surface area contributed by atoms with Gasteiger partial charge in [0.1, 0.15) is 0 Å². The van der Waals surface area contributed by atoms with Crippen molar-refractivity contribution in [2.75, 3.05) is 21.3 Å². The van der Waals surface area contributed by atoms with Crippen molar-refractivity contribution in [3.63, 3.8) is 0 Å². The summed E-state index contributed by atoms with van der Waals surface area (Å²) in [4.78, 5) is 11.4. The maximum Gasteiger partial charge on any atom is 0.499 e. The van der Waals surface area contributed by atoms with Gasteiger partial charge in [-0.05, 0) is 27.6 Å². The minimum absolute atomic E-state index is 0.388. The van der Waals surface area contributed by atoms with Crippen LogP contribution < -0.4 is 0 Å². The number of rotatable bonds is 5. The number of carboxylic acids is 1. The average Bonchev–Trinajstić information content (AvgIpc) is 2.68. The first-order chi connectivity index (χ1) is 12.5. The molecule has 0 unspecified atom stereocenters. The zero-order valence-corrected chi connectivity index (χ0v) is 16.5. The van der Waals surface area contributed by atoms with E-state index in [4.69, 9.17) is 13.3 Å². The lowest BCUT2D eigenvalue weighted by atomic mass is 9.97. The van der Waals surface area contributed by atoms with Crippen LogP contribution in [0.5, 0.6) is 0 Å². The zero-order valence-electron chi connectivity index (χ0n) is 15.5. The number of hydrogen-bond donors (Lipinski definition) is 1. The number of aromatic carboxylic acids is 1. The van der Waals surface area contributed by atoms with Gasteiger partial charge in [0.2, 0.25) is 0 Å². The molecule has 0 aliphatic rings. The van der Waals surface area contributed by atoms with E-state index >= 15 is 0 Å². The molecule has 138 valence electrons. The molecule has 0 radical (unpaired) electrons. The molecule has 0 aromatic heterocycles. The van der Waals surface area contributed by atoms with E-state index in [0.29, 0.717) is 5.56 Å². The Bertz CT molecular complexity index is 818. The van der Waals surface area contributed by atoms with Gasteiger partial charge in [0.25, 0.3) is 0 Å². The SMILES string of the molecule is CC[Si](OC)(OC)OC.O=C(O)c1c2ccccc2cc2ccccc12. The Hall–Kier alpha value is -2.25. The molecule has 0 spiro atoms. The number of fused-ring (bicyclic) bond motifs is 2. The Morgan fingerprint density at radius 3 is 1.62 bits per heavy atom. The van der Waals surface area contributed by atoms with Crippen LogP contribution in [-0.2, 0) is 13.3 Å². The molecule has 3 aromatic rings. The maximum absolute atomic E-state index is 11.4. The third kappa shape index (κ3) is 4.11. The van der Waals surface area contributed by atoms with Crippen molar-refractivity contribution < 1.29 is 23.2 Å². The third-order valence-corrected chi connectivity index (χ3v) is 7.08. The molecule has 0 saturated carbocycles. The minimum atomic E-state index is -2.19. The van der Waals surface area contributed by atoms with Gasteiger partial charge in [0, 0.05) is 27.4 Å². The summed E-state index contributed by atoms with van der Waals surface area (Å²) in [6.07, 6.45) is 0. The van der Waals surface area contributed by atoms with Gasteiger partial charge in [-0.15, -0.1) is 0 Å². The van der Waals surface area contributed by atoms with Gasteiger partial charge in [0.15, 0.2) is 0 Å². The average molecular weight is 372 g/mol. The van der Waals surface area contributed by atoms with Crippen molar-refractivity contribution in [3.05, 3.63) is 60.2 Å². The lowest BCUT2D eigenvalue weighted by Crippen LogP contribution is -2.41. The predicted molar refractivity (Wildman–Crippen MR) is 106 cm³/mol. The first-order valence-corrected chi connectivity index (χ1v) is 10.2. The normalized spacial score (nSPS) is 11.2. The summed E-state index contributed by atoms with van der Waals surface area (Å²) in [7, 11) is 2.65. The molecule has 3 aromatic carbocycles. The second kappa shape index (κ2) is 8.91. The quantitative estimate of drug-likeness (QED) is 0.525. The summed E-state index contributed by atoms with van der Waals surface area (Å²) in [5.74, 6) is -0.877. The van der Waals surface area contributed by atoms with Crippen LogP contribution in [-0.4, -0.2) is 41.2 Å². The first-order valence-electron chi connectivity index (χ1n) is 8.31. The van der Waals surface area contributed by atoms with E-state index in [0.717, 1.165) is 27.6 Å². The van der Waals surface area contributed by atoms with E-state index in [-0.39, 0.29) is 0 Å². The highest BCUT2D eigenvalue weighted by Crippen LogP contribution is 2.28. The molecular weight excluding hydrogens is 348 g/mol. The highest BCUT2D eigenvalue weighted by atomic mass is 28.4. The molecule has 0 amide bonds. The van der Waals surface area contributed by atoms with Crippen molar-refractivity contribution >= 4 is 36.3 Å². The van der Waals surface area contributed by atoms with E-state index in [1.807, 2.05) is 61.5 Å². The summed E-state index contributed by atoms with van der Waals surface area (Å²) >= 11 is 0. The number of carboxylic acid groups (broad SMARTS) is 1. The molecule has 0 saturated heterocycles. The van der Waals surface area contributed by atoms with Gasteiger partial charge in [-0.2, -0.15) is 0 Å². The second-order valence-electron chi connectivity index (χ2n) is 5.65. The van der Waals surface area contributed by atoms with E-state index in [2.05, 4.69) is 0 Å². The van der Waals surface area contributed by atoms with E-state index in [1.54, 1.807) is 21.3 Å². The lowest BCUT2D eigenvalue weighted by Gasteiger charge is -2.22. The molecule has 26 heavy (non-hydrogen) atoms. The highest BCUT2D eigenvalue weighted by molar-refractivity contribution is 6.60. The van der Waals surface area contributed by atoms with E-state index < -0.39 is 14.8 Å². The summed E-state index contributed by atoms with van der Waals surface area (Å²) in [6.45, 7) is 1.99. The molecule has 5 nitrogen and oxygen atoms in total. The van der Waals surface area contributed by atoms with Crippen molar-refractivity contribution in [1.82, 2.24) is 0 Å². The molecule has 3 rings (SSSR count). The van der Waals surface area contributed by atoms with Crippen LogP contribution in [0.15, 0.2) is 54.6 Å². The van der Waals surface area contributed by atoms with Gasteiger partial charge < -0.3 is 18.4 Å². The maximum atomic E-state index is 11.4. The third-order valence-electron chi connectivity index (χ3n) is 4.35. The monoisotopic (exact) mass is 372 g/mol. The van der Waals surface area contributed by atoms with Gasteiger partial charge in [0.05, 0.1) is 5.56 Å². The van der Waals surface area contributed by atoms with Crippen molar-refractivity contribution in [2.24, 2.45) is 0 Å². The number of benzene rings is 3. The smallest absolute Gasteiger partial charge is 0.478 e. The lowest BCUT2D eigenvalue weighted by molar-refractivity contribution is 0.0701. The second-order valence-corrected chi connectivity index (χ2v) is 8.95. The van der Waals surface area contributed by atoms with Crippen molar-refractivity contribution in [3.8, 4) is 0 Å². The van der Waals surface area contributed by atoms with E-state index in [9.17, 15) is 9.90 Å². The molecular formula is C20H24O5Si. The van der Waals surface area contributed by atoms with Crippen LogP contribution in [0.4, 0.5) is 0 Å². The van der Waals surface area contributed by atoms with Gasteiger partial charge in [-0.25, -0.2) is 4.79 Å². The summed E-state index contributed by atoms with van der Waals surface area (Å²) in [5, 5.41) is 12.9. The Morgan fingerprint density at radius 2 is 1.31 bits per heavy atom. The van der Waals surface area contributed by atoms with Crippen LogP contribution in [0.1, 0.15) is 17.3 Å². The standard InChI is InChI=1S/C15H10O2.C5H14O3Si/c16-15(17)14-12-7-3-1-5-10(12)9-11-6-2-4-8-13(11)14;1-5-9(6-2,7-3)8-4/h1-9H,(H,16,17);5H2,1-4H3. The highest BCUT2D eigenvalue weighted by Gasteiger charge is 2.34. The summed E-state index contributed by atoms with van der Waals surface area (Å²) in [6, 6.07) is 18.0. The summed E-state index contributed by atoms with van der Waals surface area (Å²) < 4.78 is 15.2. The number of carbonyl (C=O) groups is 1. The van der Waals surface area contributed by atoms with Crippen LogP contribution >= 0.6 is 0 Å². The topological polar surface area (TPSA) is 65.0 Å². The molecule has 0 atom stereocenters. The largest absolute Gasteiger partial charge is 0.499 e. The molecule has 0 heterocycles. The Balaban J connectivity index is 0.000000232. The number of hydrogen-bond acceptors (Lipinski definition) is 4. The van der Waals surface area contributed by atoms with E-state index in [1.165, 1.54) is 0 Å². The summed E-state index contributed by atoms with van der Waals surface area (Å²) in [5.41, 5.74) is 0.388. The predicted octanol–water partition coefficient (Wildman–Crippen LogP) is 4.58. The Morgan fingerprint density at radius 1 is 0.885 bits per heavy atom. The van der Waals surface area contributed by atoms with Gasteiger partial charge in [-0.1, -0.05) is 55.5 Å². The Kier molecular flexibility index (Phi) is 6.88. The minimum Gasteiger partial charge on any atom is -0.478 e. The van der Waals surface area contributed by atoms with Crippen molar-refractivity contribution in [2.45, 2.75) is 13.0 Å². The fourth-order valence-electron chi connectivity index (χ4n) is 2.93. The zero-order chi connectivity index (χ0) is 19.2. The van der Waals surface area contributed by atoms with Gasteiger partial charge >= 0.3 is 14.8 Å². The molecule has 0 bridgehead atoms. The van der Waals surface area contributed by atoms with Crippen LogP contribution in [0.3, 0.4) is 0 Å². The fraction of sp³-hybridized carbons (Fsp3) is 0.250. The van der Waals surface area contributed by atoms with Crippen LogP contribution in [0, 0.1) is 0 Å². The van der Waals surface area contributed by atoms with Gasteiger partial charge in [-0.3, -0.25) is 0 Å². The Labute approximate surface area is 154 Å². The molecule has 0 aliphatic heterocycles. The fourth-order valence-corrected chi connectivity index (χ4v) is 4.29. The molecule has 0 aliphatic carbocycles. The first kappa shape index (κ1) is 20.1. The molecule has 6 heteroatoms. The molecule has 0 fully saturated rings. The van der Waals surface area contributed by atoms with Crippen LogP contribution in [0.2, 0.25) is 6.04 Å². The molecule has 1 N–H and O–H groups in total. The van der Waals surface area contributed by atoms with Crippen LogP contribution in [0.25, 0.3) is 21.5 Å². The van der Waals surface area contributed by atoms with Crippen molar-refractivity contribution in [1.29, 1.82) is 0 Å².